The first-order chi connectivity index (χ1) is 9.61. The van der Waals surface area contributed by atoms with Crippen molar-refractivity contribution in [2.45, 2.75) is 71.3 Å². The van der Waals surface area contributed by atoms with Crippen LogP contribution in [0.1, 0.15) is 65.2 Å². The highest BCUT2D eigenvalue weighted by molar-refractivity contribution is 5.81. The fourth-order valence-corrected chi connectivity index (χ4v) is 1.88. The highest BCUT2D eigenvalue weighted by Gasteiger charge is 2.11. The zero-order valence-corrected chi connectivity index (χ0v) is 13.0. The molecular formula is C15H31N3O2. The van der Waals surface area contributed by atoms with Gasteiger partial charge in [-0.15, -0.1) is 0 Å². The van der Waals surface area contributed by atoms with E-state index < -0.39 is 6.04 Å². The van der Waals surface area contributed by atoms with E-state index in [4.69, 9.17) is 5.73 Å². The number of carbonyl (C=O) groups excluding carboxylic acids is 2. The van der Waals surface area contributed by atoms with Crippen molar-refractivity contribution in [3.63, 3.8) is 0 Å². The minimum absolute atomic E-state index is 0.0591. The Kier molecular flexibility index (Phi) is 12.2. The number of amides is 2. The standard InChI is InChI=1S/C15H31N3O2/c1-3-5-7-12-18-15(20)13(16)10-6-8-11-17-14(19)9-4-2/h13H,3-12,16H2,1-2H3,(H,17,19)(H,18,20)/t13-/m0/s1. The van der Waals surface area contributed by atoms with Crippen LogP contribution < -0.4 is 16.4 Å². The van der Waals surface area contributed by atoms with E-state index in [0.717, 1.165) is 38.5 Å². The molecule has 0 aromatic rings. The Morgan fingerprint density at radius 2 is 1.60 bits per heavy atom. The molecule has 0 rings (SSSR count). The van der Waals surface area contributed by atoms with Crippen LogP contribution in [0.5, 0.6) is 0 Å². The van der Waals surface area contributed by atoms with E-state index in [0.29, 0.717) is 25.9 Å². The number of rotatable bonds is 12. The largest absolute Gasteiger partial charge is 0.356 e. The summed E-state index contributed by atoms with van der Waals surface area (Å²) in [6.07, 6.45) is 7.14. The van der Waals surface area contributed by atoms with Crippen LogP contribution in [0.4, 0.5) is 0 Å². The van der Waals surface area contributed by atoms with Gasteiger partial charge >= 0.3 is 0 Å². The van der Waals surface area contributed by atoms with Gasteiger partial charge in [-0.25, -0.2) is 0 Å². The minimum Gasteiger partial charge on any atom is -0.356 e. The van der Waals surface area contributed by atoms with Gasteiger partial charge in [0.15, 0.2) is 0 Å². The van der Waals surface area contributed by atoms with Crippen molar-refractivity contribution in [3.05, 3.63) is 0 Å². The molecule has 0 fully saturated rings. The number of unbranched alkanes of at least 4 members (excludes halogenated alkanes) is 3. The van der Waals surface area contributed by atoms with Gasteiger partial charge in [0.05, 0.1) is 6.04 Å². The third kappa shape index (κ3) is 10.8. The Hall–Kier alpha value is -1.10. The van der Waals surface area contributed by atoms with Crippen molar-refractivity contribution >= 4 is 11.8 Å². The van der Waals surface area contributed by atoms with Crippen LogP contribution in [-0.2, 0) is 9.59 Å². The third-order valence-corrected chi connectivity index (χ3v) is 3.16. The lowest BCUT2D eigenvalue weighted by Crippen LogP contribution is -2.41. The van der Waals surface area contributed by atoms with Crippen molar-refractivity contribution in [3.8, 4) is 0 Å². The monoisotopic (exact) mass is 285 g/mol. The second kappa shape index (κ2) is 12.9. The predicted molar refractivity (Wildman–Crippen MR) is 82.3 cm³/mol. The van der Waals surface area contributed by atoms with E-state index in [1.165, 1.54) is 0 Å². The van der Waals surface area contributed by atoms with Gasteiger partial charge in [0.2, 0.25) is 11.8 Å². The summed E-state index contributed by atoms with van der Waals surface area (Å²) in [5.74, 6) is 0.0431. The van der Waals surface area contributed by atoms with Gasteiger partial charge in [0, 0.05) is 19.5 Å². The van der Waals surface area contributed by atoms with Gasteiger partial charge in [-0.1, -0.05) is 26.7 Å². The van der Waals surface area contributed by atoms with Crippen LogP contribution in [0.25, 0.3) is 0 Å². The first-order valence-corrected chi connectivity index (χ1v) is 7.91. The molecule has 4 N–H and O–H groups in total. The SMILES string of the molecule is CCCCCNC(=O)[C@@H](N)CCCCNC(=O)CCC. The molecule has 20 heavy (non-hydrogen) atoms. The highest BCUT2D eigenvalue weighted by Crippen LogP contribution is 1.99. The summed E-state index contributed by atoms with van der Waals surface area (Å²) in [6, 6.07) is -0.428. The number of nitrogens with one attached hydrogen (secondary N) is 2. The molecule has 118 valence electrons. The second-order valence-electron chi connectivity index (χ2n) is 5.20. The maximum atomic E-state index is 11.7. The summed E-state index contributed by atoms with van der Waals surface area (Å²) in [4.78, 5) is 22.9. The molecule has 0 aromatic heterocycles. The molecule has 0 bridgehead atoms. The fraction of sp³-hybridized carbons (Fsp3) is 0.867. The lowest BCUT2D eigenvalue weighted by atomic mass is 10.1. The quantitative estimate of drug-likeness (QED) is 0.477. The summed E-state index contributed by atoms with van der Waals surface area (Å²) in [7, 11) is 0. The first-order valence-electron chi connectivity index (χ1n) is 7.91. The van der Waals surface area contributed by atoms with Crippen LogP contribution in [0.15, 0.2) is 0 Å². The summed E-state index contributed by atoms with van der Waals surface area (Å²) < 4.78 is 0. The summed E-state index contributed by atoms with van der Waals surface area (Å²) >= 11 is 0. The second-order valence-corrected chi connectivity index (χ2v) is 5.20. The average molecular weight is 285 g/mol. The number of nitrogens with two attached hydrogens (primary N) is 1. The zero-order chi connectivity index (χ0) is 15.2. The van der Waals surface area contributed by atoms with E-state index >= 15 is 0 Å². The van der Waals surface area contributed by atoms with Crippen molar-refractivity contribution in [2.24, 2.45) is 5.73 Å². The van der Waals surface area contributed by atoms with Crippen molar-refractivity contribution in [2.75, 3.05) is 13.1 Å². The molecule has 2 amide bonds. The molecular weight excluding hydrogens is 254 g/mol. The lowest BCUT2D eigenvalue weighted by molar-refractivity contribution is -0.123. The van der Waals surface area contributed by atoms with Crippen molar-refractivity contribution in [1.29, 1.82) is 0 Å². The van der Waals surface area contributed by atoms with Crippen LogP contribution in [0.2, 0.25) is 0 Å². The Bertz CT molecular complexity index is 270. The predicted octanol–water partition coefficient (Wildman–Crippen LogP) is 1.71. The van der Waals surface area contributed by atoms with Crippen molar-refractivity contribution in [1.82, 2.24) is 10.6 Å². The molecule has 0 unspecified atom stereocenters. The first kappa shape index (κ1) is 18.9. The van der Waals surface area contributed by atoms with Gasteiger partial charge in [-0.2, -0.15) is 0 Å². The summed E-state index contributed by atoms with van der Waals surface area (Å²) in [5.41, 5.74) is 5.82. The van der Waals surface area contributed by atoms with E-state index in [2.05, 4.69) is 17.6 Å². The zero-order valence-electron chi connectivity index (χ0n) is 13.0. The molecule has 0 aliphatic heterocycles. The molecule has 0 aromatic carbocycles. The molecule has 0 aliphatic carbocycles. The van der Waals surface area contributed by atoms with Gasteiger partial charge in [0.1, 0.15) is 0 Å². The number of carbonyl (C=O) groups is 2. The van der Waals surface area contributed by atoms with Gasteiger partial charge in [-0.3, -0.25) is 9.59 Å². The van der Waals surface area contributed by atoms with E-state index in [1.54, 1.807) is 0 Å². The van der Waals surface area contributed by atoms with Crippen molar-refractivity contribution < 1.29 is 9.59 Å². The van der Waals surface area contributed by atoms with Gasteiger partial charge < -0.3 is 16.4 Å². The number of hydrogen-bond acceptors (Lipinski definition) is 3. The topological polar surface area (TPSA) is 84.2 Å². The molecule has 0 saturated carbocycles. The van der Waals surface area contributed by atoms with Crippen LogP contribution in [-0.4, -0.2) is 30.9 Å². The third-order valence-electron chi connectivity index (χ3n) is 3.16. The molecule has 0 saturated heterocycles. The maximum Gasteiger partial charge on any atom is 0.236 e. The Balaban J connectivity index is 3.49. The molecule has 0 radical (unpaired) electrons. The van der Waals surface area contributed by atoms with E-state index in [9.17, 15) is 9.59 Å². The molecule has 1 atom stereocenters. The van der Waals surface area contributed by atoms with E-state index in [1.807, 2.05) is 6.92 Å². The van der Waals surface area contributed by atoms with Gasteiger partial charge in [0.25, 0.3) is 0 Å². The molecule has 0 spiro atoms. The molecule has 5 nitrogen and oxygen atoms in total. The normalized spacial score (nSPS) is 11.9. The smallest absolute Gasteiger partial charge is 0.236 e. The molecule has 5 heteroatoms. The fourth-order valence-electron chi connectivity index (χ4n) is 1.88. The lowest BCUT2D eigenvalue weighted by Gasteiger charge is -2.12. The van der Waals surface area contributed by atoms with Crippen LogP contribution in [0.3, 0.4) is 0 Å². The maximum absolute atomic E-state index is 11.7. The van der Waals surface area contributed by atoms with Crippen LogP contribution >= 0.6 is 0 Å². The Labute approximate surface area is 123 Å². The molecule has 0 aliphatic rings. The van der Waals surface area contributed by atoms with E-state index in [-0.39, 0.29) is 11.8 Å². The summed E-state index contributed by atoms with van der Waals surface area (Å²) in [5, 5.41) is 5.71. The Morgan fingerprint density at radius 3 is 2.25 bits per heavy atom. The minimum atomic E-state index is -0.428. The van der Waals surface area contributed by atoms with Crippen LogP contribution in [0, 0.1) is 0 Å². The highest BCUT2D eigenvalue weighted by atomic mass is 16.2. The molecule has 0 heterocycles. The average Bonchev–Trinajstić information content (AvgIpc) is 2.43. The van der Waals surface area contributed by atoms with Gasteiger partial charge in [-0.05, 0) is 32.1 Å². The Morgan fingerprint density at radius 1 is 0.950 bits per heavy atom. The summed E-state index contributed by atoms with van der Waals surface area (Å²) in [6.45, 7) is 5.50. The number of hydrogen-bond donors (Lipinski definition) is 3.